The normalized spacial score (nSPS) is 12.1. The number of hydrogen-bond acceptors (Lipinski definition) is 12. The van der Waals surface area contributed by atoms with Crippen LogP contribution in [0.5, 0.6) is 17.2 Å². The zero-order valence-corrected chi connectivity index (χ0v) is 31.0. The fourth-order valence-electron chi connectivity index (χ4n) is 6.07. The number of fused-ring (bicyclic) bond motifs is 4. The topological polar surface area (TPSA) is 200 Å². The number of imidazole rings is 1. The molecule has 0 unspecified atom stereocenters. The number of halogens is 1. The van der Waals surface area contributed by atoms with Crippen LogP contribution >= 0.6 is 46.6 Å². The number of rotatable bonds is 9. The molecular weight excluding hydrogens is 833 g/mol. The molecule has 0 saturated heterocycles. The van der Waals surface area contributed by atoms with Gasteiger partial charge in [-0.2, -0.15) is 0 Å². The quantitative estimate of drug-likeness (QED) is 0.0453. The molecule has 53 heavy (non-hydrogen) atoms. The van der Waals surface area contributed by atoms with Crippen LogP contribution in [-0.2, 0) is 6.54 Å². The van der Waals surface area contributed by atoms with E-state index in [1.54, 1.807) is 24.3 Å². The van der Waals surface area contributed by atoms with Crippen LogP contribution in [0.4, 0.5) is 11.5 Å². The second-order valence-corrected chi connectivity index (χ2v) is 14.4. The van der Waals surface area contributed by atoms with Crippen molar-refractivity contribution in [3.63, 3.8) is 0 Å². The summed E-state index contributed by atoms with van der Waals surface area (Å²) in [6, 6.07) is 17.7. The number of carbonyl (C=O) groups is 1. The molecule has 3 aromatic carbocycles. The number of nitrogens with two attached hydrogens (primary N) is 1. The van der Waals surface area contributed by atoms with E-state index in [9.17, 15) is 19.8 Å². The van der Waals surface area contributed by atoms with Crippen molar-refractivity contribution in [1.82, 2.24) is 24.8 Å². The Labute approximate surface area is 322 Å². The van der Waals surface area contributed by atoms with Crippen LogP contribution in [0.15, 0.2) is 92.3 Å². The fraction of sp³-hybridized carbons (Fsp3) is 0.111. The van der Waals surface area contributed by atoms with E-state index < -0.39 is 5.97 Å². The zero-order valence-electron chi connectivity index (χ0n) is 27.3. The van der Waals surface area contributed by atoms with Crippen molar-refractivity contribution in [3.05, 3.63) is 92.4 Å². The lowest BCUT2D eigenvalue weighted by Crippen LogP contribution is -2.30. The molecule has 8 rings (SSSR count). The lowest BCUT2D eigenvalue weighted by molar-refractivity contribution is 0.0697. The van der Waals surface area contributed by atoms with E-state index in [4.69, 9.17) is 36.8 Å². The number of carboxylic acid groups (broad SMARTS) is 1. The number of ether oxygens (including phenoxy) is 2. The van der Waals surface area contributed by atoms with Gasteiger partial charge in [-0.05, 0) is 95.3 Å². The second kappa shape index (κ2) is 14.1. The number of carboxylic acids is 1. The maximum absolute atomic E-state index is 12.6. The van der Waals surface area contributed by atoms with E-state index in [1.165, 1.54) is 48.4 Å². The number of thiocarbonyl (C=S) groups is 1. The molecule has 266 valence electrons. The predicted molar refractivity (Wildman–Crippen MR) is 211 cm³/mol. The van der Waals surface area contributed by atoms with Gasteiger partial charge in [0.1, 0.15) is 23.4 Å². The Hall–Kier alpha value is -5.66. The predicted octanol–water partition coefficient (Wildman–Crippen LogP) is 6.55. The average molecular weight is 860 g/mol. The van der Waals surface area contributed by atoms with Crippen molar-refractivity contribution in [2.45, 2.75) is 23.0 Å². The van der Waals surface area contributed by atoms with Gasteiger partial charge in [0.15, 0.2) is 44.2 Å². The molecule has 6 N–H and O–H groups in total. The van der Waals surface area contributed by atoms with Crippen LogP contribution in [-0.4, -0.2) is 54.2 Å². The highest BCUT2D eigenvalue weighted by Crippen LogP contribution is 2.43. The summed E-state index contributed by atoms with van der Waals surface area (Å²) in [7, 11) is 0. The molecule has 0 saturated carbocycles. The zero-order chi connectivity index (χ0) is 36.8. The number of nitrogens with zero attached hydrogens (tertiary/aromatic N) is 4. The summed E-state index contributed by atoms with van der Waals surface area (Å²) in [6.45, 7) is 1.18. The van der Waals surface area contributed by atoms with Crippen LogP contribution in [0.2, 0.25) is 0 Å². The lowest BCUT2D eigenvalue weighted by Gasteiger charge is -2.18. The number of nitrogen functional groups attached to an aromatic ring is 1. The van der Waals surface area contributed by atoms with Crippen molar-refractivity contribution in [2.75, 3.05) is 24.4 Å². The molecule has 0 radical (unpaired) electrons. The molecule has 1 aliphatic carbocycles. The van der Waals surface area contributed by atoms with E-state index in [-0.39, 0.29) is 35.1 Å². The molecule has 2 aliphatic heterocycles. The Kier molecular flexibility index (Phi) is 9.13. The highest BCUT2D eigenvalue weighted by Gasteiger charge is 2.23. The van der Waals surface area contributed by atoms with Gasteiger partial charge in [-0.3, -0.25) is 4.79 Å². The van der Waals surface area contributed by atoms with Gasteiger partial charge in [0, 0.05) is 55.9 Å². The Bertz CT molecular complexity index is 2650. The molecular formula is C36H26IN7O7S2. The van der Waals surface area contributed by atoms with E-state index in [0.717, 1.165) is 8.47 Å². The van der Waals surface area contributed by atoms with Gasteiger partial charge >= 0.3 is 5.97 Å². The van der Waals surface area contributed by atoms with E-state index in [0.29, 0.717) is 85.8 Å². The number of phenolic OH excluding ortho intramolecular Hbond substituents is 1. The molecule has 2 aromatic heterocycles. The lowest BCUT2D eigenvalue weighted by atomic mass is 9.90. The second-order valence-electron chi connectivity index (χ2n) is 11.8. The molecule has 0 amide bonds. The minimum atomic E-state index is -1.16. The smallest absolute Gasteiger partial charge is 0.336 e. The van der Waals surface area contributed by atoms with Crippen LogP contribution in [0.3, 0.4) is 0 Å². The number of aromatic carboxylic acids is 1. The van der Waals surface area contributed by atoms with Gasteiger partial charge in [-0.25, -0.2) is 19.7 Å². The van der Waals surface area contributed by atoms with Crippen LogP contribution in [0, 0.1) is 3.57 Å². The Morgan fingerprint density at radius 2 is 1.85 bits per heavy atom. The molecule has 14 nitrogen and oxygen atoms in total. The molecule has 5 aromatic rings. The first kappa shape index (κ1) is 34.4. The largest absolute Gasteiger partial charge is 0.508 e. The standard InChI is InChI=1S/C36H26IN7O7S2/c37-24-13-27-28(50-16-49-27)14-29(24)53-36-43-31-32(38)40-15-41-33(31)44(36)9-1-8-39-35(52)42-17-2-5-20(23(10-17)34(47)48)30-21-6-3-18(45)11-25(21)51-26-12-19(46)4-7-22(26)30/h2-7,10-15,45H,1,8-9,16H2,(H,47,48)(H2,38,40,41)(H2,39,42,52). The van der Waals surface area contributed by atoms with E-state index in [2.05, 4.69) is 43.2 Å². The van der Waals surface area contributed by atoms with Crippen molar-refractivity contribution >= 4 is 91.3 Å². The van der Waals surface area contributed by atoms with Gasteiger partial charge in [0.05, 0.1) is 5.56 Å². The third-order valence-electron chi connectivity index (χ3n) is 8.45. The average Bonchev–Trinajstić information content (AvgIpc) is 3.73. The van der Waals surface area contributed by atoms with Gasteiger partial charge in [-0.15, -0.1) is 0 Å². The summed E-state index contributed by atoms with van der Waals surface area (Å²) in [5.74, 6) is 0.724. The van der Waals surface area contributed by atoms with Gasteiger partial charge in [-0.1, -0.05) is 17.8 Å². The SMILES string of the molecule is Nc1ncnc2c1nc(Sc1cc3c(cc1I)OCO3)n2CCCNC(=S)Nc1ccc(-c2c3ccc(=O)cc-3oc3cc(O)ccc23)c(C(=O)O)c1. The number of nitrogens with one attached hydrogen (secondary N) is 2. The van der Waals surface area contributed by atoms with E-state index >= 15 is 0 Å². The molecule has 4 heterocycles. The minimum absolute atomic E-state index is 0.00118. The summed E-state index contributed by atoms with van der Waals surface area (Å²) in [6.07, 6.45) is 2.04. The van der Waals surface area contributed by atoms with Crippen molar-refractivity contribution in [3.8, 4) is 39.7 Å². The number of phenols is 1. The monoisotopic (exact) mass is 859 g/mol. The molecule has 0 fully saturated rings. The molecule has 0 bridgehead atoms. The molecule has 3 aliphatic rings. The van der Waals surface area contributed by atoms with Crippen LogP contribution in [0.25, 0.3) is 44.6 Å². The number of benzene rings is 4. The van der Waals surface area contributed by atoms with Gasteiger partial charge in [0.2, 0.25) is 6.79 Å². The first-order valence-electron chi connectivity index (χ1n) is 16.0. The third kappa shape index (κ3) is 6.73. The van der Waals surface area contributed by atoms with Crippen molar-refractivity contribution in [1.29, 1.82) is 0 Å². The number of aromatic hydroxyl groups is 1. The molecule has 0 atom stereocenters. The third-order valence-corrected chi connectivity index (χ3v) is 11.0. The van der Waals surface area contributed by atoms with Gasteiger partial charge in [0.25, 0.3) is 0 Å². The number of aryl methyl sites for hydroxylation is 1. The molecule has 17 heteroatoms. The summed E-state index contributed by atoms with van der Waals surface area (Å²) >= 11 is 9.29. The Morgan fingerprint density at radius 1 is 1.04 bits per heavy atom. The molecule has 0 spiro atoms. The van der Waals surface area contributed by atoms with Crippen molar-refractivity contribution < 1.29 is 28.9 Å². The first-order valence-corrected chi connectivity index (χ1v) is 18.3. The van der Waals surface area contributed by atoms with Crippen molar-refractivity contribution in [2.24, 2.45) is 0 Å². The number of anilines is 2. The summed E-state index contributed by atoms with van der Waals surface area (Å²) in [5.41, 5.74) is 9.28. The first-order chi connectivity index (χ1) is 25.6. The maximum atomic E-state index is 12.6. The number of hydrogen-bond donors (Lipinski definition) is 5. The summed E-state index contributed by atoms with van der Waals surface area (Å²) in [5, 5.41) is 28.2. The number of aromatic nitrogens is 4. The maximum Gasteiger partial charge on any atom is 0.336 e. The fourth-order valence-corrected chi connectivity index (χ4v) is 8.00. The van der Waals surface area contributed by atoms with Crippen LogP contribution < -0.4 is 31.3 Å². The van der Waals surface area contributed by atoms with E-state index in [1.807, 2.05) is 16.7 Å². The van der Waals surface area contributed by atoms with Gasteiger partial charge < -0.3 is 45.0 Å². The minimum Gasteiger partial charge on any atom is -0.508 e. The van der Waals surface area contributed by atoms with Crippen LogP contribution in [0.1, 0.15) is 16.8 Å². The highest BCUT2D eigenvalue weighted by molar-refractivity contribution is 14.1. The Balaban J connectivity index is 0.995. The summed E-state index contributed by atoms with van der Waals surface area (Å²) in [4.78, 5) is 39.1. The Morgan fingerprint density at radius 3 is 2.68 bits per heavy atom. The summed E-state index contributed by atoms with van der Waals surface area (Å²) < 4.78 is 20.0. The highest BCUT2D eigenvalue weighted by atomic mass is 127.